The SMILES string of the molecule is COc1cccc(CC(Cc2cccc(OC)c2)(C(N)=O)C(N)=O)c1. The first-order chi connectivity index (χ1) is 11.9. The number of amides is 2. The van der Waals surface area contributed by atoms with Gasteiger partial charge in [-0.3, -0.25) is 9.59 Å². The monoisotopic (exact) mass is 342 g/mol. The average molecular weight is 342 g/mol. The molecule has 6 nitrogen and oxygen atoms in total. The number of rotatable bonds is 8. The number of primary amides is 2. The fraction of sp³-hybridized carbons (Fsp3) is 0.263. The van der Waals surface area contributed by atoms with Crippen LogP contribution in [0.25, 0.3) is 0 Å². The van der Waals surface area contributed by atoms with Gasteiger partial charge in [-0.15, -0.1) is 0 Å². The highest BCUT2D eigenvalue weighted by Gasteiger charge is 2.43. The molecular weight excluding hydrogens is 320 g/mol. The first-order valence-electron chi connectivity index (χ1n) is 7.77. The summed E-state index contributed by atoms with van der Waals surface area (Å²) >= 11 is 0. The van der Waals surface area contributed by atoms with Crippen molar-refractivity contribution in [3.05, 3.63) is 59.7 Å². The van der Waals surface area contributed by atoms with Gasteiger partial charge in [-0.25, -0.2) is 0 Å². The zero-order valence-electron chi connectivity index (χ0n) is 14.3. The minimum Gasteiger partial charge on any atom is -0.497 e. The van der Waals surface area contributed by atoms with Gasteiger partial charge in [0.2, 0.25) is 11.8 Å². The van der Waals surface area contributed by atoms with Gasteiger partial charge in [0.25, 0.3) is 0 Å². The molecular formula is C19H22N2O4. The van der Waals surface area contributed by atoms with Crippen LogP contribution in [-0.2, 0) is 22.4 Å². The van der Waals surface area contributed by atoms with Crippen molar-refractivity contribution in [1.29, 1.82) is 0 Å². The molecule has 2 aromatic carbocycles. The number of ether oxygens (including phenoxy) is 2. The van der Waals surface area contributed by atoms with Gasteiger partial charge in [-0.2, -0.15) is 0 Å². The Morgan fingerprint density at radius 3 is 1.56 bits per heavy atom. The zero-order valence-corrected chi connectivity index (χ0v) is 14.3. The van der Waals surface area contributed by atoms with Crippen molar-refractivity contribution >= 4 is 11.8 Å². The van der Waals surface area contributed by atoms with Crippen LogP contribution in [0.15, 0.2) is 48.5 Å². The summed E-state index contributed by atoms with van der Waals surface area (Å²) in [6.45, 7) is 0. The quantitative estimate of drug-likeness (QED) is 0.708. The van der Waals surface area contributed by atoms with Gasteiger partial charge in [0.15, 0.2) is 0 Å². The fourth-order valence-corrected chi connectivity index (χ4v) is 2.79. The van der Waals surface area contributed by atoms with E-state index in [4.69, 9.17) is 20.9 Å². The van der Waals surface area contributed by atoms with Crippen LogP contribution in [-0.4, -0.2) is 26.0 Å². The fourth-order valence-electron chi connectivity index (χ4n) is 2.79. The number of hydrogen-bond donors (Lipinski definition) is 2. The molecule has 0 aliphatic carbocycles. The topological polar surface area (TPSA) is 105 Å². The minimum atomic E-state index is -1.54. The maximum Gasteiger partial charge on any atom is 0.233 e. The molecule has 0 aliphatic heterocycles. The molecule has 2 aromatic rings. The second kappa shape index (κ2) is 7.70. The summed E-state index contributed by atoms with van der Waals surface area (Å²) in [4.78, 5) is 24.5. The van der Waals surface area contributed by atoms with Crippen LogP contribution in [0.5, 0.6) is 11.5 Å². The predicted molar refractivity (Wildman–Crippen MR) is 94.2 cm³/mol. The van der Waals surface area contributed by atoms with Crippen molar-refractivity contribution in [2.24, 2.45) is 16.9 Å². The van der Waals surface area contributed by atoms with Crippen molar-refractivity contribution < 1.29 is 19.1 Å². The lowest BCUT2D eigenvalue weighted by Crippen LogP contribution is -2.50. The lowest BCUT2D eigenvalue weighted by atomic mass is 9.75. The molecule has 2 amide bonds. The highest BCUT2D eigenvalue weighted by Crippen LogP contribution is 2.30. The molecule has 0 bridgehead atoms. The van der Waals surface area contributed by atoms with E-state index in [2.05, 4.69) is 0 Å². The molecule has 0 atom stereocenters. The smallest absolute Gasteiger partial charge is 0.233 e. The first-order valence-corrected chi connectivity index (χ1v) is 7.77. The van der Waals surface area contributed by atoms with Gasteiger partial charge in [0.1, 0.15) is 16.9 Å². The van der Waals surface area contributed by atoms with Crippen LogP contribution < -0.4 is 20.9 Å². The van der Waals surface area contributed by atoms with E-state index in [0.29, 0.717) is 11.5 Å². The molecule has 0 radical (unpaired) electrons. The number of carbonyl (C=O) groups is 2. The summed E-state index contributed by atoms with van der Waals surface area (Å²) in [6.07, 6.45) is 0.179. The van der Waals surface area contributed by atoms with E-state index in [0.717, 1.165) is 11.1 Å². The number of methoxy groups -OCH3 is 2. The first kappa shape index (κ1) is 18.3. The Balaban J connectivity index is 2.42. The molecule has 0 fully saturated rings. The van der Waals surface area contributed by atoms with Gasteiger partial charge >= 0.3 is 0 Å². The summed E-state index contributed by atoms with van der Waals surface area (Å²) in [5.41, 5.74) is 11.1. The molecule has 4 N–H and O–H groups in total. The second-order valence-electron chi connectivity index (χ2n) is 5.87. The van der Waals surface area contributed by atoms with E-state index in [-0.39, 0.29) is 12.8 Å². The highest BCUT2D eigenvalue weighted by molar-refractivity contribution is 6.04. The van der Waals surface area contributed by atoms with Gasteiger partial charge in [0.05, 0.1) is 14.2 Å². The zero-order chi connectivity index (χ0) is 18.4. The van der Waals surface area contributed by atoms with E-state index < -0.39 is 17.2 Å². The third kappa shape index (κ3) is 4.09. The largest absolute Gasteiger partial charge is 0.497 e. The Bertz CT molecular complexity index is 708. The molecule has 0 aliphatic rings. The Hall–Kier alpha value is -3.02. The number of benzene rings is 2. The van der Waals surface area contributed by atoms with Crippen molar-refractivity contribution in [3.63, 3.8) is 0 Å². The van der Waals surface area contributed by atoms with E-state index in [1.54, 1.807) is 62.8 Å². The van der Waals surface area contributed by atoms with Crippen LogP contribution in [0, 0.1) is 5.41 Å². The number of nitrogens with two attached hydrogens (primary N) is 2. The third-order valence-electron chi connectivity index (χ3n) is 4.22. The van der Waals surface area contributed by atoms with Crippen molar-refractivity contribution in [2.45, 2.75) is 12.8 Å². The van der Waals surface area contributed by atoms with Gasteiger partial charge in [-0.1, -0.05) is 24.3 Å². The molecule has 0 unspecified atom stereocenters. The van der Waals surface area contributed by atoms with Gasteiger partial charge < -0.3 is 20.9 Å². The van der Waals surface area contributed by atoms with Crippen molar-refractivity contribution in [1.82, 2.24) is 0 Å². The standard InChI is InChI=1S/C19H22N2O4/c1-24-15-7-3-5-13(9-15)11-19(17(20)22,18(21)23)12-14-6-4-8-16(10-14)25-2/h3-10H,11-12H2,1-2H3,(H2,20,22)(H2,21,23). The Morgan fingerprint density at radius 1 is 0.840 bits per heavy atom. The number of hydrogen-bond acceptors (Lipinski definition) is 4. The maximum atomic E-state index is 12.2. The lowest BCUT2D eigenvalue weighted by Gasteiger charge is -2.28. The summed E-state index contributed by atoms with van der Waals surface area (Å²) in [7, 11) is 3.09. The molecule has 132 valence electrons. The predicted octanol–water partition coefficient (Wildman–Crippen LogP) is 1.45. The van der Waals surface area contributed by atoms with Crippen LogP contribution >= 0.6 is 0 Å². The summed E-state index contributed by atoms with van der Waals surface area (Å²) in [6, 6.07) is 14.2. The molecule has 0 saturated carbocycles. The average Bonchev–Trinajstić information content (AvgIpc) is 2.61. The van der Waals surface area contributed by atoms with Crippen molar-refractivity contribution in [2.75, 3.05) is 14.2 Å². The van der Waals surface area contributed by atoms with E-state index >= 15 is 0 Å². The van der Waals surface area contributed by atoms with E-state index in [9.17, 15) is 9.59 Å². The summed E-state index contributed by atoms with van der Waals surface area (Å²) < 4.78 is 10.4. The normalized spacial score (nSPS) is 11.0. The molecule has 0 aromatic heterocycles. The maximum absolute atomic E-state index is 12.2. The summed E-state index contributed by atoms with van der Waals surface area (Å²) in [5, 5.41) is 0. The third-order valence-corrected chi connectivity index (χ3v) is 4.22. The highest BCUT2D eigenvalue weighted by atomic mass is 16.5. The van der Waals surface area contributed by atoms with Crippen LogP contribution in [0.1, 0.15) is 11.1 Å². The second-order valence-corrected chi connectivity index (χ2v) is 5.87. The Labute approximate surface area is 146 Å². The van der Waals surface area contributed by atoms with E-state index in [1.165, 1.54) is 0 Å². The minimum absolute atomic E-state index is 0.0894. The molecule has 0 heterocycles. The van der Waals surface area contributed by atoms with Crippen LogP contribution in [0.2, 0.25) is 0 Å². The van der Waals surface area contributed by atoms with Gasteiger partial charge in [0, 0.05) is 0 Å². The van der Waals surface area contributed by atoms with Gasteiger partial charge in [-0.05, 0) is 48.2 Å². The molecule has 25 heavy (non-hydrogen) atoms. The number of carbonyl (C=O) groups excluding carboxylic acids is 2. The van der Waals surface area contributed by atoms with Crippen LogP contribution in [0.3, 0.4) is 0 Å². The Kier molecular flexibility index (Phi) is 5.64. The summed E-state index contributed by atoms with van der Waals surface area (Å²) in [5.74, 6) is -0.264. The van der Waals surface area contributed by atoms with Crippen LogP contribution in [0.4, 0.5) is 0 Å². The molecule has 0 saturated heterocycles. The Morgan fingerprint density at radius 2 is 1.24 bits per heavy atom. The lowest BCUT2D eigenvalue weighted by molar-refractivity contribution is -0.139. The van der Waals surface area contributed by atoms with E-state index in [1.807, 2.05) is 0 Å². The van der Waals surface area contributed by atoms with Crippen molar-refractivity contribution in [3.8, 4) is 11.5 Å². The molecule has 6 heteroatoms. The molecule has 0 spiro atoms. The molecule has 2 rings (SSSR count).